The third kappa shape index (κ3) is 3.22. The van der Waals surface area contributed by atoms with Gasteiger partial charge < -0.3 is 4.40 Å². The van der Waals surface area contributed by atoms with E-state index in [-0.39, 0.29) is 0 Å². The first kappa shape index (κ1) is 21.2. The first-order valence-electron chi connectivity index (χ1n) is 12.2. The van der Waals surface area contributed by atoms with E-state index in [2.05, 4.69) is 154 Å². The van der Waals surface area contributed by atoms with Crippen LogP contribution >= 0.6 is 15.9 Å². The number of pyridine rings is 1. The molecule has 0 saturated carbocycles. The van der Waals surface area contributed by atoms with E-state index in [1.165, 1.54) is 60.7 Å². The summed E-state index contributed by atoms with van der Waals surface area (Å²) >= 11 is 3.75. The zero-order valence-corrected chi connectivity index (χ0v) is 21.1. The van der Waals surface area contributed by atoms with Gasteiger partial charge in [-0.15, -0.1) is 0 Å². The van der Waals surface area contributed by atoms with Crippen molar-refractivity contribution in [3.05, 3.63) is 138 Å². The Kier molecular flexibility index (Phi) is 5.00. The molecule has 2 aromatic heterocycles. The molecule has 0 spiro atoms. The van der Waals surface area contributed by atoms with Gasteiger partial charge >= 0.3 is 0 Å². The standard InChI is InChI=1S/C34H22BrN/c35-26-20-21-30-29(22-26)32(24-14-6-2-7-15-24)34-28-19-11-10-18-27(28)31(23-12-4-1-5-13-23)33(36(30)34)25-16-8-3-9-17-25/h1-22H. The Morgan fingerprint density at radius 2 is 0.972 bits per heavy atom. The van der Waals surface area contributed by atoms with Crippen molar-refractivity contribution in [2.24, 2.45) is 0 Å². The molecule has 1 nitrogen and oxygen atoms in total. The number of nitrogens with zero attached hydrogens (tertiary/aromatic N) is 1. The van der Waals surface area contributed by atoms with E-state index in [0.29, 0.717) is 0 Å². The molecule has 36 heavy (non-hydrogen) atoms. The zero-order valence-electron chi connectivity index (χ0n) is 19.5. The van der Waals surface area contributed by atoms with Crippen molar-refractivity contribution in [1.82, 2.24) is 4.40 Å². The number of halogens is 1. The maximum absolute atomic E-state index is 3.75. The van der Waals surface area contributed by atoms with Crippen LogP contribution in [0.15, 0.2) is 138 Å². The minimum absolute atomic E-state index is 1.08. The van der Waals surface area contributed by atoms with Crippen LogP contribution < -0.4 is 0 Å². The Hall–Kier alpha value is -4.14. The summed E-state index contributed by atoms with van der Waals surface area (Å²) in [5, 5.41) is 3.75. The van der Waals surface area contributed by atoms with E-state index >= 15 is 0 Å². The van der Waals surface area contributed by atoms with Gasteiger partial charge in [-0.3, -0.25) is 0 Å². The summed E-state index contributed by atoms with van der Waals surface area (Å²) in [7, 11) is 0. The first-order valence-corrected chi connectivity index (χ1v) is 13.0. The van der Waals surface area contributed by atoms with Crippen molar-refractivity contribution in [3.63, 3.8) is 0 Å². The van der Waals surface area contributed by atoms with E-state index in [4.69, 9.17) is 0 Å². The van der Waals surface area contributed by atoms with Crippen molar-refractivity contribution >= 4 is 43.1 Å². The number of aromatic nitrogens is 1. The third-order valence-corrected chi connectivity index (χ3v) is 7.51. The Bertz CT molecular complexity index is 1870. The molecule has 170 valence electrons. The number of hydrogen-bond donors (Lipinski definition) is 0. The summed E-state index contributed by atoms with van der Waals surface area (Å²) in [5.74, 6) is 0. The highest BCUT2D eigenvalue weighted by atomic mass is 79.9. The fourth-order valence-electron chi connectivity index (χ4n) is 5.56. The molecule has 0 aliphatic carbocycles. The third-order valence-electron chi connectivity index (χ3n) is 7.01. The monoisotopic (exact) mass is 523 g/mol. The Labute approximate surface area is 218 Å². The lowest BCUT2D eigenvalue weighted by Gasteiger charge is -2.19. The molecule has 7 rings (SSSR count). The quantitative estimate of drug-likeness (QED) is 0.217. The summed E-state index contributed by atoms with van der Waals surface area (Å²) in [6, 6.07) is 47.9. The smallest absolute Gasteiger partial charge is 0.0626 e. The van der Waals surface area contributed by atoms with Gasteiger partial charge in [0.2, 0.25) is 0 Å². The molecule has 2 heteroatoms. The molecule has 5 aromatic carbocycles. The van der Waals surface area contributed by atoms with E-state index in [1.807, 2.05) is 0 Å². The topological polar surface area (TPSA) is 4.41 Å². The molecule has 0 amide bonds. The molecule has 2 heterocycles. The van der Waals surface area contributed by atoms with Crippen LogP contribution in [0.5, 0.6) is 0 Å². The molecule has 7 aromatic rings. The van der Waals surface area contributed by atoms with E-state index in [1.54, 1.807) is 0 Å². The fraction of sp³-hybridized carbons (Fsp3) is 0. The summed E-state index contributed by atoms with van der Waals surface area (Å²) in [6.07, 6.45) is 0. The molecule has 0 fully saturated rings. The molecule has 0 unspecified atom stereocenters. The Morgan fingerprint density at radius 1 is 0.444 bits per heavy atom. The van der Waals surface area contributed by atoms with Gasteiger partial charge in [-0.1, -0.05) is 131 Å². The summed E-state index contributed by atoms with van der Waals surface area (Å²) < 4.78 is 3.57. The van der Waals surface area contributed by atoms with E-state index in [9.17, 15) is 0 Å². The van der Waals surface area contributed by atoms with Crippen LogP contribution in [0.3, 0.4) is 0 Å². The lowest BCUT2D eigenvalue weighted by atomic mass is 9.92. The van der Waals surface area contributed by atoms with Gasteiger partial charge in [-0.25, -0.2) is 0 Å². The molecule has 0 atom stereocenters. The number of hydrogen-bond acceptors (Lipinski definition) is 0. The SMILES string of the molecule is Brc1ccc2c(c1)c(-c1ccccc1)c1c3ccccc3c(-c3ccccc3)c(-c3ccccc3)n21. The average molecular weight is 524 g/mol. The van der Waals surface area contributed by atoms with E-state index < -0.39 is 0 Å². The highest BCUT2D eigenvalue weighted by Crippen LogP contribution is 2.47. The lowest BCUT2D eigenvalue weighted by Crippen LogP contribution is -1.98. The normalized spacial score (nSPS) is 11.5. The average Bonchev–Trinajstić information content (AvgIpc) is 3.28. The van der Waals surface area contributed by atoms with Crippen LogP contribution in [0.25, 0.3) is 60.7 Å². The van der Waals surface area contributed by atoms with Crippen LogP contribution in [0.4, 0.5) is 0 Å². The van der Waals surface area contributed by atoms with Crippen LogP contribution in [0.1, 0.15) is 0 Å². The summed E-state index contributed by atoms with van der Waals surface area (Å²) in [5.41, 5.74) is 9.81. The summed E-state index contributed by atoms with van der Waals surface area (Å²) in [6.45, 7) is 0. The first-order chi connectivity index (χ1) is 17.8. The number of benzene rings is 5. The van der Waals surface area contributed by atoms with Crippen molar-refractivity contribution in [2.75, 3.05) is 0 Å². The highest BCUT2D eigenvalue weighted by Gasteiger charge is 2.23. The molecule has 0 saturated heterocycles. The van der Waals surface area contributed by atoms with Crippen molar-refractivity contribution in [3.8, 4) is 33.5 Å². The number of rotatable bonds is 3. The second-order valence-corrected chi connectivity index (χ2v) is 10.0. The van der Waals surface area contributed by atoms with Crippen LogP contribution in [-0.2, 0) is 0 Å². The minimum Gasteiger partial charge on any atom is -0.307 e. The summed E-state index contributed by atoms with van der Waals surface area (Å²) in [4.78, 5) is 0. The molecule has 0 N–H and O–H groups in total. The maximum Gasteiger partial charge on any atom is 0.0626 e. The minimum atomic E-state index is 1.08. The highest BCUT2D eigenvalue weighted by molar-refractivity contribution is 9.10. The Morgan fingerprint density at radius 3 is 1.61 bits per heavy atom. The molecule has 0 bridgehead atoms. The molecule has 0 aliphatic rings. The Balaban J connectivity index is 1.82. The van der Waals surface area contributed by atoms with Gasteiger partial charge in [-0.2, -0.15) is 0 Å². The largest absolute Gasteiger partial charge is 0.307 e. The van der Waals surface area contributed by atoms with Crippen molar-refractivity contribution in [2.45, 2.75) is 0 Å². The predicted molar refractivity (Wildman–Crippen MR) is 156 cm³/mol. The van der Waals surface area contributed by atoms with Gasteiger partial charge in [0.25, 0.3) is 0 Å². The number of fused-ring (bicyclic) bond motifs is 5. The lowest BCUT2D eigenvalue weighted by molar-refractivity contribution is 1.27. The predicted octanol–water partition coefficient (Wildman–Crippen LogP) is 10.0. The van der Waals surface area contributed by atoms with Crippen LogP contribution in [0.2, 0.25) is 0 Å². The fourth-order valence-corrected chi connectivity index (χ4v) is 5.92. The van der Waals surface area contributed by atoms with Gasteiger partial charge in [0.05, 0.1) is 16.7 Å². The van der Waals surface area contributed by atoms with Gasteiger partial charge in [0.15, 0.2) is 0 Å². The van der Waals surface area contributed by atoms with Crippen LogP contribution in [-0.4, -0.2) is 4.40 Å². The molecular formula is C34H22BrN. The zero-order chi connectivity index (χ0) is 24.1. The second kappa shape index (κ2) is 8.51. The van der Waals surface area contributed by atoms with E-state index in [0.717, 1.165) is 4.47 Å². The maximum atomic E-state index is 3.75. The van der Waals surface area contributed by atoms with Crippen molar-refractivity contribution < 1.29 is 0 Å². The molecule has 0 radical (unpaired) electrons. The van der Waals surface area contributed by atoms with Crippen molar-refractivity contribution in [1.29, 1.82) is 0 Å². The molecule has 0 aliphatic heterocycles. The van der Waals surface area contributed by atoms with Gasteiger partial charge in [-0.05, 0) is 40.3 Å². The molecular weight excluding hydrogens is 502 g/mol. The van der Waals surface area contributed by atoms with Crippen LogP contribution in [0, 0.1) is 0 Å². The van der Waals surface area contributed by atoms with Gasteiger partial charge in [0, 0.05) is 26.4 Å². The second-order valence-electron chi connectivity index (χ2n) is 9.09. The van der Waals surface area contributed by atoms with Gasteiger partial charge in [0.1, 0.15) is 0 Å².